The quantitative estimate of drug-likeness (QED) is 0.0114. The second kappa shape index (κ2) is 36.5. The molecule has 1 heterocycles. The maximum absolute atomic E-state index is 12.8. The number of hydrogen-bond donors (Lipinski definition) is 6. The van der Waals surface area contributed by atoms with Crippen LogP contribution in [0.5, 0.6) is 0 Å². The Balaban J connectivity index is 1.76. The van der Waals surface area contributed by atoms with Gasteiger partial charge in [-0.15, -0.1) is 0 Å². The number of hydrogen-bond acceptors (Lipinski definition) is 13. The molecule has 2 fully saturated rings. The third-order valence-corrected chi connectivity index (χ3v) is 11.5. The van der Waals surface area contributed by atoms with Crippen molar-refractivity contribution in [1.82, 2.24) is 0 Å². The van der Waals surface area contributed by atoms with Gasteiger partial charge >= 0.3 is 19.8 Å². The van der Waals surface area contributed by atoms with Crippen LogP contribution < -0.4 is 0 Å². The number of phosphoric ester groups is 1. The summed E-state index contributed by atoms with van der Waals surface area (Å²) < 4.78 is 39.2. The summed E-state index contributed by atoms with van der Waals surface area (Å²) in [5.41, 5.74) is 0. The van der Waals surface area contributed by atoms with Crippen LogP contribution in [0.3, 0.4) is 0 Å². The summed E-state index contributed by atoms with van der Waals surface area (Å²) in [6, 6.07) is 0. The number of aliphatic hydroxyl groups is 5. The van der Waals surface area contributed by atoms with Gasteiger partial charge in [-0.05, 0) is 89.9 Å². The van der Waals surface area contributed by atoms with E-state index in [4.69, 9.17) is 23.3 Å². The minimum atomic E-state index is -5.17. The molecule has 66 heavy (non-hydrogen) atoms. The van der Waals surface area contributed by atoms with E-state index in [1.54, 1.807) is 0 Å². The molecule has 15 heteroatoms. The fourth-order valence-corrected chi connectivity index (χ4v) is 7.55. The van der Waals surface area contributed by atoms with E-state index in [-0.39, 0.29) is 18.9 Å². The number of carbonyl (C=O) groups is 2. The number of esters is 2. The van der Waals surface area contributed by atoms with E-state index in [1.165, 1.54) is 19.3 Å². The van der Waals surface area contributed by atoms with E-state index in [0.717, 1.165) is 57.8 Å². The molecule has 14 nitrogen and oxygen atoms in total. The zero-order valence-electron chi connectivity index (χ0n) is 39.1. The minimum Gasteiger partial charge on any atom is -0.462 e. The number of aliphatic hydroxyl groups excluding tert-OH is 5. The van der Waals surface area contributed by atoms with Crippen molar-refractivity contribution >= 4 is 19.8 Å². The molecule has 0 aromatic heterocycles. The summed E-state index contributed by atoms with van der Waals surface area (Å²) in [5.74, 6) is -1.28. The monoisotopic (exact) mass is 947 g/mol. The van der Waals surface area contributed by atoms with Crippen molar-refractivity contribution in [3.8, 4) is 0 Å². The van der Waals surface area contributed by atoms with Gasteiger partial charge in [0.15, 0.2) is 6.10 Å². The van der Waals surface area contributed by atoms with Crippen LogP contribution in [0.1, 0.15) is 129 Å². The van der Waals surface area contributed by atoms with Crippen LogP contribution in [0.15, 0.2) is 109 Å². The average molecular weight is 947 g/mol. The van der Waals surface area contributed by atoms with Gasteiger partial charge in [0.25, 0.3) is 0 Å². The number of ether oxygens (including phenoxy) is 3. The van der Waals surface area contributed by atoms with Crippen LogP contribution in [0.2, 0.25) is 0 Å². The van der Waals surface area contributed by atoms with E-state index in [2.05, 4.69) is 92.8 Å². The molecule has 1 saturated carbocycles. The second-order valence-electron chi connectivity index (χ2n) is 16.3. The fourth-order valence-electron chi connectivity index (χ4n) is 6.58. The lowest BCUT2D eigenvalue weighted by Gasteiger charge is -2.41. The first-order chi connectivity index (χ1) is 31.9. The molecule has 10 atom stereocenters. The topological polar surface area (TPSA) is 222 Å². The lowest BCUT2D eigenvalue weighted by molar-refractivity contribution is -0.220. The summed E-state index contributed by atoms with van der Waals surface area (Å²) in [4.78, 5) is 35.7. The number of rotatable bonds is 36. The molecular formula is C51H79O14P. The zero-order valence-corrected chi connectivity index (χ0v) is 40.0. The second-order valence-corrected chi connectivity index (χ2v) is 17.7. The Bertz CT molecular complexity index is 1630. The Kier molecular flexibility index (Phi) is 32.4. The minimum absolute atomic E-state index is 0.0499. The van der Waals surface area contributed by atoms with Crippen molar-refractivity contribution in [2.24, 2.45) is 0 Å². The van der Waals surface area contributed by atoms with Gasteiger partial charge in [0.1, 0.15) is 43.2 Å². The van der Waals surface area contributed by atoms with Crippen molar-refractivity contribution in [1.29, 1.82) is 0 Å². The van der Waals surface area contributed by atoms with Crippen molar-refractivity contribution in [2.45, 2.75) is 184 Å². The first-order valence-corrected chi connectivity index (χ1v) is 25.3. The molecule has 1 saturated heterocycles. The summed E-state index contributed by atoms with van der Waals surface area (Å²) in [6.07, 6.45) is 39.0. The Hall–Kier alpha value is -3.53. The molecule has 0 radical (unpaired) electrons. The van der Waals surface area contributed by atoms with Crippen molar-refractivity contribution in [3.63, 3.8) is 0 Å². The van der Waals surface area contributed by atoms with E-state index >= 15 is 0 Å². The van der Waals surface area contributed by atoms with E-state index in [9.17, 15) is 44.6 Å². The van der Waals surface area contributed by atoms with Crippen LogP contribution in [-0.2, 0) is 37.4 Å². The molecule has 2 aliphatic rings. The summed E-state index contributed by atoms with van der Waals surface area (Å²) in [7, 11) is -5.17. The Morgan fingerprint density at radius 3 is 1.55 bits per heavy atom. The first kappa shape index (κ1) is 58.6. The molecule has 1 aliphatic heterocycles. The Labute approximate surface area is 393 Å². The summed E-state index contributed by atoms with van der Waals surface area (Å²) >= 11 is 0. The van der Waals surface area contributed by atoms with E-state index in [0.29, 0.717) is 31.8 Å². The van der Waals surface area contributed by atoms with E-state index < -0.39 is 75.7 Å². The molecule has 6 N–H and O–H groups in total. The van der Waals surface area contributed by atoms with Crippen molar-refractivity contribution in [3.05, 3.63) is 109 Å². The van der Waals surface area contributed by atoms with E-state index in [1.807, 2.05) is 30.4 Å². The third kappa shape index (κ3) is 28.0. The predicted octanol–water partition coefficient (Wildman–Crippen LogP) is 8.60. The van der Waals surface area contributed by atoms with Crippen LogP contribution >= 0.6 is 7.82 Å². The Morgan fingerprint density at radius 1 is 0.545 bits per heavy atom. The largest absolute Gasteiger partial charge is 0.472 e. The molecule has 0 amide bonds. The standard InChI is InChI=1S/C51H79O14P/c1-3-5-7-9-11-12-13-14-15-16-17-18-19-20-21-22-25-30-34-38-45(53)63-41(40-62-66(59,60)65-51-49(57)47(55)46(54)48(56)50(51)58)39-61-44(52)37-33-29-26-23-24-28-32-36-43-42(64-43)35-31-27-10-8-6-4-2/h5,7,11-12,14-15,17-18,20-21,23,25-28,30-32,41-43,46-51,54-58H,3-4,6,8-10,13,16,19,22,24,29,33-40H2,1-2H3,(H,59,60)/b7-5-,12-11-,15-14-,18-17-,21-20-,26-23-,30-25-,31-27-,32-28-/t41-,42?,43?,46?,47-,48+,49-,50-,51?/m1/s1. The van der Waals surface area contributed by atoms with Gasteiger partial charge in [0.2, 0.25) is 0 Å². The molecular weight excluding hydrogens is 868 g/mol. The zero-order chi connectivity index (χ0) is 48.3. The first-order valence-electron chi connectivity index (χ1n) is 23.8. The maximum atomic E-state index is 12.8. The maximum Gasteiger partial charge on any atom is 0.472 e. The van der Waals surface area contributed by atoms with Gasteiger partial charge in [-0.1, -0.05) is 136 Å². The number of epoxide rings is 1. The van der Waals surface area contributed by atoms with Gasteiger partial charge in [-0.2, -0.15) is 0 Å². The SMILES string of the molecule is CC/C=C\C/C=C\C/C=C\C/C=C\C/C=C\C/C=C\CCC(=O)O[C@H](COC(=O)CCC/C=C\C/C=C\CC1OC1C/C=C\CCCCC)COP(=O)(O)OC1[C@H](O)[C@H](O)C(O)[C@H](O)[C@H]1O. The van der Waals surface area contributed by atoms with Gasteiger partial charge in [0, 0.05) is 12.8 Å². The number of allylic oxidation sites excluding steroid dienone is 16. The van der Waals surface area contributed by atoms with Crippen LogP contribution in [0.4, 0.5) is 0 Å². The van der Waals surface area contributed by atoms with Gasteiger partial charge in [-0.25, -0.2) is 4.57 Å². The molecule has 5 unspecified atom stereocenters. The highest BCUT2D eigenvalue weighted by molar-refractivity contribution is 7.47. The van der Waals surface area contributed by atoms with Crippen molar-refractivity contribution < 1.29 is 67.8 Å². The smallest absolute Gasteiger partial charge is 0.462 e. The van der Waals surface area contributed by atoms with Crippen LogP contribution in [0.25, 0.3) is 0 Å². The summed E-state index contributed by atoms with van der Waals surface area (Å²) in [5, 5.41) is 50.2. The van der Waals surface area contributed by atoms with Crippen LogP contribution in [-0.4, -0.2) is 111 Å². The van der Waals surface area contributed by atoms with Gasteiger partial charge < -0.3 is 44.6 Å². The highest BCUT2D eigenvalue weighted by Gasteiger charge is 2.51. The number of carbonyl (C=O) groups excluding carboxylic acids is 2. The van der Waals surface area contributed by atoms with Crippen LogP contribution in [0, 0.1) is 0 Å². The van der Waals surface area contributed by atoms with Gasteiger partial charge in [0.05, 0.1) is 18.8 Å². The molecule has 1 aliphatic carbocycles. The Morgan fingerprint density at radius 2 is 1.00 bits per heavy atom. The number of phosphoric acid groups is 1. The third-order valence-electron chi connectivity index (χ3n) is 10.5. The summed E-state index contributed by atoms with van der Waals surface area (Å²) in [6.45, 7) is 3.02. The molecule has 0 spiro atoms. The molecule has 2 rings (SSSR count). The molecule has 372 valence electrons. The van der Waals surface area contributed by atoms with Crippen molar-refractivity contribution in [2.75, 3.05) is 13.2 Å². The number of unbranched alkanes of at least 4 members (excludes halogenated alkanes) is 4. The molecule has 0 aromatic carbocycles. The normalized spacial score (nSPS) is 25.3. The molecule has 0 bridgehead atoms. The van der Waals surface area contributed by atoms with Gasteiger partial charge in [-0.3, -0.25) is 18.6 Å². The lowest BCUT2D eigenvalue weighted by atomic mass is 9.85. The average Bonchev–Trinajstić information content (AvgIpc) is 4.06. The fraction of sp³-hybridized carbons (Fsp3) is 0.608. The lowest BCUT2D eigenvalue weighted by Crippen LogP contribution is -2.64. The highest BCUT2D eigenvalue weighted by Crippen LogP contribution is 2.47. The highest BCUT2D eigenvalue weighted by atomic mass is 31.2. The molecule has 0 aromatic rings. The predicted molar refractivity (Wildman–Crippen MR) is 257 cm³/mol.